The fraction of sp³-hybridized carbons (Fsp3) is 0.167. The van der Waals surface area contributed by atoms with Crippen LogP contribution >= 0.6 is 11.6 Å². The Labute approximate surface area is 146 Å². The molecular formula is C18H13ClF3NO2. The fourth-order valence-corrected chi connectivity index (χ4v) is 2.93. The third kappa shape index (κ3) is 3.49. The van der Waals surface area contributed by atoms with E-state index in [0.29, 0.717) is 28.2 Å². The maximum atomic E-state index is 12.7. The summed E-state index contributed by atoms with van der Waals surface area (Å²) in [6.07, 6.45) is -2.61. The largest absolute Gasteiger partial charge is 0.465 e. The van der Waals surface area contributed by atoms with Crippen LogP contribution in [0.1, 0.15) is 21.5 Å². The van der Waals surface area contributed by atoms with Crippen LogP contribution < -0.4 is 0 Å². The predicted molar refractivity (Wildman–Crippen MR) is 88.8 cm³/mol. The van der Waals surface area contributed by atoms with Gasteiger partial charge >= 0.3 is 12.1 Å². The number of halogens is 4. The Morgan fingerprint density at radius 1 is 1.16 bits per heavy atom. The molecule has 1 heterocycles. The summed E-state index contributed by atoms with van der Waals surface area (Å²) in [4.78, 5) is 12.0. The van der Waals surface area contributed by atoms with Crippen molar-refractivity contribution in [3.05, 3.63) is 70.4 Å². The van der Waals surface area contributed by atoms with Gasteiger partial charge in [-0.05, 0) is 35.9 Å². The molecule has 0 unspecified atom stereocenters. The van der Waals surface area contributed by atoms with E-state index in [2.05, 4.69) is 0 Å². The Morgan fingerprint density at radius 3 is 2.44 bits per heavy atom. The van der Waals surface area contributed by atoms with Crippen molar-refractivity contribution in [3.63, 3.8) is 0 Å². The van der Waals surface area contributed by atoms with E-state index in [1.165, 1.54) is 25.3 Å². The lowest BCUT2D eigenvalue weighted by Gasteiger charge is -2.11. The number of methoxy groups -OCH3 is 1. The van der Waals surface area contributed by atoms with Crippen LogP contribution in [0.15, 0.2) is 48.7 Å². The van der Waals surface area contributed by atoms with Gasteiger partial charge in [0.15, 0.2) is 0 Å². The van der Waals surface area contributed by atoms with E-state index in [-0.39, 0.29) is 0 Å². The molecule has 0 aliphatic carbocycles. The second-order valence-corrected chi connectivity index (χ2v) is 5.96. The van der Waals surface area contributed by atoms with Gasteiger partial charge in [0.05, 0.1) is 23.8 Å². The number of alkyl halides is 3. The molecule has 0 radical (unpaired) electrons. The first-order valence-electron chi connectivity index (χ1n) is 7.32. The molecule has 0 bridgehead atoms. The van der Waals surface area contributed by atoms with Crippen LogP contribution in [0.5, 0.6) is 0 Å². The van der Waals surface area contributed by atoms with Crippen LogP contribution in [-0.2, 0) is 17.5 Å². The summed E-state index contributed by atoms with van der Waals surface area (Å²) in [6.45, 7) is 0.313. The third-order valence-corrected chi connectivity index (χ3v) is 4.08. The monoisotopic (exact) mass is 367 g/mol. The molecule has 2 aromatic carbocycles. The molecule has 0 fully saturated rings. The summed E-state index contributed by atoms with van der Waals surface area (Å²) in [5, 5.41) is 1.15. The van der Waals surface area contributed by atoms with Crippen LogP contribution in [0.4, 0.5) is 13.2 Å². The van der Waals surface area contributed by atoms with E-state index >= 15 is 0 Å². The highest BCUT2D eigenvalue weighted by molar-refractivity contribution is 6.32. The molecule has 3 nitrogen and oxygen atoms in total. The van der Waals surface area contributed by atoms with Crippen LogP contribution in [0.3, 0.4) is 0 Å². The number of fused-ring (bicyclic) bond motifs is 1. The zero-order chi connectivity index (χ0) is 18.2. The number of benzene rings is 2. The fourth-order valence-electron chi connectivity index (χ4n) is 2.71. The van der Waals surface area contributed by atoms with Gasteiger partial charge in [0.2, 0.25) is 0 Å². The summed E-state index contributed by atoms with van der Waals surface area (Å²) < 4.78 is 44.5. The van der Waals surface area contributed by atoms with Gasteiger partial charge in [-0.2, -0.15) is 13.2 Å². The molecule has 3 rings (SSSR count). The highest BCUT2D eigenvalue weighted by Gasteiger charge is 2.29. The lowest BCUT2D eigenvalue weighted by molar-refractivity contribution is -0.137. The lowest BCUT2D eigenvalue weighted by Crippen LogP contribution is -2.07. The topological polar surface area (TPSA) is 31.2 Å². The van der Waals surface area contributed by atoms with Crippen molar-refractivity contribution in [3.8, 4) is 0 Å². The highest BCUT2D eigenvalue weighted by atomic mass is 35.5. The Morgan fingerprint density at radius 2 is 1.84 bits per heavy atom. The Kier molecular flexibility index (Phi) is 4.47. The maximum Gasteiger partial charge on any atom is 0.416 e. The van der Waals surface area contributed by atoms with Gasteiger partial charge in [-0.15, -0.1) is 0 Å². The zero-order valence-corrected chi connectivity index (χ0v) is 13.9. The van der Waals surface area contributed by atoms with Crippen LogP contribution in [0.25, 0.3) is 10.9 Å². The van der Waals surface area contributed by atoms with E-state index in [1.54, 1.807) is 22.9 Å². The molecule has 3 aromatic rings. The van der Waals surface area contributed by atoms with Gasteiger partial charge < -0.3 is 9.30 Å². The Bertz CT molecular complexity index is 930. The number of hydrogen-bond acceptors (Lipinski definition) is 2. The van der Waals surface area contributed by atoms with Crippen molar-refractivity contribution >= 4 is 28.5 Å². The van der Waals surface area contributed by atoms with Crippen molar-refractivity contribution in [1.82, 2.24) is 4.57 Å². The van der Waals surface area contributed by atoms with E-state index in [1.807, 2.05) is 0 Å². The van der Waals surface area contributed by atoms with Gasteiger partial charge in [-0.25, -0.2) is 4.79 Å². The molecule has 0 atom stereocenters. The Hall–Kier alpha value is -2.47. The third-order valence-electron chi connectivity index (χ3n) is 3.86. The number of esters is 1. The normalized spacial score (nSPS) is 11.7. The first-order chi connectivity index (χ1) is 11.8. The summed E-state index contributed by atoms with van der Waals surface area (Å²) >= 11 is 6.03. The summed E-state index contributed by atoms with van der Waals surface area (Å²) in [7, 11) is 1.28. The van der Waals surface area contributed by atoms with Gasteiger partial charge in [0.1, 0.15) is 0 Å². The lowest BCUT2D eigenvalue weighted by atomic mass is 10.1. The summed E-state index contributed by atoms with van der Waals surface area (Å²) in [6, 6.07) is 9.94. The average Bonchev–Trinajstić information content (AvgIpc) is 2.95. The molecule has 130 valence electrons. The number of ether oxygens (including phenoxy) is 1. The molecule has 0 saturated carbocycles. The first kappa shape index (κ1) is 17.4. The molecule has 0 saturated heterocycles. The number of nitrogens with zero attached hydrogens (tertiary/aromatic N) is 1. The SMILES string of the molecule is COC(=O)c1cc(Cl)cc2ccn(Cc3ccc(C(F)(F)F)cc3)c12. The molecule has 0 amide bonds. The van der Waals surface area contributed by atoms with Crippen LogP contribution in [0, 0.1) is 0 Å². The van der Waals surface area contributed by atoms with Crippen molar-refractivity contribution < 1.29 is 22.7 Å². The number of aromatic nitrogens is 1. The van der Waals surface area contributed by atoms with Crippen molar-refractivity contribution in [2.45, 2.75) is 12.7 Å². The minimum absolute atomic E-state index is 0.307. The molecule has 7 heteroatoms. The van der Waals surface area contributed by atoms with Gasteiger partial charge in [-0.3, -0.25) is 0 Å². The maximum absolute atomic E-state index is 12.7. The van der Waals surface area contributed by atoms with Crippen molar-refractivity contribution in [2.24, 2.45) is 0 Å². The second-order valence-electron chi connectivity index (χ2n) is 5.52. The number of hydrogen-bond donors (Lipinski definition) is 0. The molecule has 1 aromatic heterocycles. The van der Waals surface area contributed by atoms with Crippen LogP contribution in [0.2, 0.25) is 5.02 Å². The molecular weight excluding hydrogens is 355 g/mol. The van der Waals surface area contributed by atoms with Crippen LogP contribution in [-0.4, -0.2) is 17.6 Å². The number of carbonyl (C=O) groups excluding carboxylic acids is 1. The quantitative estimate of drug-likeness (QED) is 0.599. The summed E-state index contributed by atoms with van der Waals surface area (Å²) in [5.41, 5.74) is 0.907. The van der Waals surface area contributed by atoms with Crippen molar-refractivity contribution in [2.75, 3.05) is 7.11 Å². The van der Waals surface area contributed by atoms with E-state index in [4.69, 9.17) is 16.3 Å². The molecule has 25 heavy (non-hydrogen) atoms. The molecule has 0 spiro atoms. The standard InChI is InChI=1S/C18H13ClF3NO2/c1-25-17(24)15-9-14(19)8-12-6-7-23(16(12)15)10-11-2-4-13(5-3-11)18(20,21)22/h2-9H,10H2,1H3. The number of rotatable bonds is 3. The predicted octanol–water partition coefficient (Wildman–Crippen LogP) is 5.15. The average molecular weight is 368 g/mol. The summed E-state index contributed by atoms with van der Waals surface area (Å²) in [5.74, 6) is -0.528. The van der Waals surface area contributed by atoms with E-state index in [9.17, 15) is 18.0 Å². The Balaban J connectivity index is 2.01. The second kappa shape index (κ2) is 6.44. The van der Waals surface area contributed by atoms with E-state index < -0.39 is 17.7 Å². The molecule has 0 N–H and O–H groups in total. The first-order valence-corrected chi connectivity index (χ1v) is 7.70. The minimum atomic E-state index is -4.37. The highest BCUT2D eigenvalue weighted by Crippen LogP contribution is 2.30. The molecule has 0 aliphatic rings. The molecule has 0 aliphatic heterocycles. The minimum Gasteiger partial charge on any atom is -0.465 e. The van der Waals surface area contributed by atoms with Gasteiger partial charge in [0.25, 0.3) is 0 Å². The van der Waals surface area contributed by atoms with E-state index in [0.717, 1.165) is 17.5 Å². The smallest absolute Gasteiger partial charge is 0.416 e. The zero-order valence-electron chi connectivity index (χ0n) is 13.1. The number of carbonyl (C=O) groups is 1. The van der Waals surface area contributed by atoms with Gasteiger partial charge in [-0.1, -0.05) is 23.7 Å². The van der Waals surface area contributed by atoms with Gasteiger partial charge in [0, 0.05) is 23.2 Å². The van der Waals surface area contributed by atoms with Crippen molar-refractivity contribution in [1.29, 1.82) is 0 Å².